The Labute approximate surface area is 172 Å². The van der Waals surface area contributed by atoms with Gasteiger partial charge in [0.2, 0.25) is 0 Å². The van der Waals surface area contributed by atoms with Crippen molar-refractivity contribution >= 4 is 29.9 Å². The SMILES string of the molecule is CN=C(NCC1(c2ccccc2F)CC1)NC(C)COC1CCOC1.I. The predicted molar refractivity (Wildman–Crippen MR) is 112 cm³/mol. The van der Waals surface area contributed by atoms with Crippen molar-refractivity contribution in [2.24, 2.45) is 4.99 Å². The van der Waals surface area contributed by atoms with E-state index in [9.17, 15) is 4.39 Å². The van der Waals surface area contributed by atoms with Gasteiger partial charge in [-0.25, -0.2) is 4.39 Å². The summed E-state index contributed by atoms with van der Waals surface area (Å²) in [5, 5.41) is 6.69. The normalized spacial score (nSPS) is 22.4. The van der Waals surface area contributed by atoms with Crippen molar-refractivity contribution in [2.45, 2.75) is 43.7 Å². The van der Waals surface area contributed by atoms with Crippen LogP contribution in [0.15, 0.2) is 29.3 Å². The van der Waals surface area contributed by atoms with E-state index in [1.165, 1.54) is 6.07 Å². The third kappa shape index (κ3) is 5.53. The molecule has 146 valence electrons. The highest BCUT2D eigenvalue weighted by molar-refractivity contribution is 14.0. The molecule has 1 aliphatic carbocycles. The maximum atomic E-state index is 14.1. The molecule has 2 atom stereocenters. The van der Waals surface area contributed by atoms with Gasteiger partial charge in [-0.15, -0.1) is 24.0 Å². The van der Waals surface area contributed by atoms with Crippen molar-refractivity contribution < 1.29 is 13.9 Å². The van der Waals surface area contributed by atoms with E-state index in [4.69, 9.17) is 9.47 Å². The smallest absolute Gasteiger partial charge is 0.191 e. The van der Waals surface area contributed by atoms with Crippen molar-refractivity contribution in [3.8, 4) is 0 Å². The van der Waals surface area contributed by atoms with E-state index in [-0.39, 0.29) is 47.4 Å². The Kier molecular flexibility index (Phi) is 8.09. The zero-order valence-electron chi connectivity index (χ0n) is 15.5. The molecule has 5 nitrogen and oxygen atoms in total. The average Bonchev–Trinajstić information content (AvgIpc) is 3.22. The summed E-state index contributed by atoms with van der Waals surface area (Å²) in [6.45, 7) is 4.82. The molecule has 1 heterocycles. The van der Waals surface area contributed by atoms with Crippen LogP contribution in [0, 0.1) is 5.82 Å². The second-order valence-electron chi connectivity index (χ2n) is 7.05. The lowest BCUT2D eigenvalue weighted by Crippen LogP contribution is -2.46. The van der Waals surface area contributed by atoms with E-state index >= 15 is 0 Å². The maximum Gasteiger partial charge on any atom is 0.191 e. The molecular formula is C19H29FIN3O2. The van der Waals surface area contributed by atoms with Crippen molar-refractivity contribution in [1.29, 1.82) is 0 Å². The number of nitrogens with zero attached hydrogens (tertiary/aromatic N) is 1. The van der Waals surface area contributed by atoms with Crippen LogP contribution in [0.4, 0.5) is 4.39 Å². The van der Waals surface area contributed by atoms with Gasteiger partial charge in [0.1, 0.15) is 5.82 Å². The summed E-state index contributed by atoms with van der Waals surface area (Å²) in [5.41, 5.74) is 0.694. The number of guanidine groups is 1. The molecule has 2 aliphatic rings. The van der Waals surface area contributed by atoms with Crippen LogP contribution >= 0.6 is 24.0 Å². The first-order valence-electron chi connectivity index (χ1n) is 9.04. The lowest BCUT2D eigenvalue weighted by molar-refractivity contribution is 0.0347. The standard InChI is InChI=1S/C19H28FN3O2.HI/c1-14(11-25-15-7-10-24-12-15)23-18(21-2)22-13-19(8-9-19)16-5-3-4-6-17(16)20;/h3-6,14-15H,7-13H2,1-2H3,(H2,21,22,23);1H. The molecule has 1 aromatic rings. The van der Waals surface area contributed by atoms with Crippen molar-refractivity contribution in [3.63, 3.8) is 0 Å². The van der Waals surface area contributed by atoms with Crippen LogP contribution in [0.1, 0.15) is 31.7 Å². The highest BCUT2D eigenvalue weighted by Crippen LogP contribution is 2.48. The van der Waals surface area contributed by atoms with Gasteiger partial charge in [-0.1, -0.05) is 18.2 Å². The highest BCUT2D eigenvalue weighted by Gasteiger charge is 2.45. The topological polar surface area (TPSA) is 54.9 Å². The monoisotopic (exact) mass is 477 g/mol. The quantitative estimate of drug-likeness (QED) is 0.361. The third-order valence-corrected chi connectivity index (χ3v) is 4.97. The van der Waals surface area contributed by atoms with Gasteiger partial charge < -0.3 is 20.1 Å². The first-order chi connectivity index (χ1) is 12.1. The molecule has 2 fully saturated rings. The summed E-state index contributed by atoms with van der Waals surface area (Å²) in [7, 11) is 1.75. The minimum atomic E-state index is -0.120. The fraction of sp³-hybridized carbons (Fsp3) is 0.632. The minimum Gasteiger partial charge on any atom is -0.379 e. The number of rotatable bonds is 7. The Balaban J connectivity index is 0.00000243. The van der Waals surface area contributed by atoms with E-state index in [1.807, 2.05) is 12.1 Å². The fourth-order valence-corrected chi connectivity index (χ4v) is 3.23. The van der Waals surface area contributed by atoms with E-state index < -0.39 is 0 Å². The van der Waals surface area contributed by atoms with Gasteiger partial charge in [0.05, 0.1) is 19.3 Å². The number of hydrogen-bond acceptors (Lipinski definition) is 3. The van der Waals surface area contributed by atoms with Crippen LogP contribution in [-0.4, -0.2) is 51.5 Å². The molecular weight excluding hydrogens is 448 g/mol. The lowest BCUT2D eigenvalue weighted by Gasteiger charge is -2.22. The van der Waals surface area contributed by atoms with Crippen LogP contribution in [0.5, 0.6) is 0 Å². The molecule has 1 saturated carbocycles. The van der Waals surface area contributed by atoms with E-state index in [1.54, 1.807) is 13.1 Å². The second kappa shape index (κ2) is 9.85. The molecule has 3 rings (SSSR count). The Hall–Kier alpha value is -0.930. The van der Waals surface area contributed by atoms with Crippen molar-refractivity contribution in [3.05, 3.63) is 35.6 Å². The van der Waals surface area contributed by atoms with Gasteiger partial charge in [-0.3, -0.25) is 4.99 Å². The van der Waals surface area contributed by atoms with Crippen LogP contribution in [0.25, 0.3) is 0 Å². The second-order valence-corrected chi connectivity index (χ2v) is 7.05. The van der Waals surface area contributed by atoms with E-state index in [0.717, 1.165) is 37.4 Å². The van der Waals surface area contributed by atoms with Crippen molar-refractivity contribution in [2.75, 3.05) is 33.4 Å². The molecule has 0 amide bonds. The molecule has 2 unspecified atom stereocenters. The van der Waals surface area contributed by atoms with Gasteiger partial charge in [0, 0.05) is 31.7 Å². The zero-order chi connectivity index (χ0) is 17.7. The highest BCUT2D eigenvalue weighted by atomic mass is 127. The summed E-state index contributed by atoms with van der Waals surface area (Å²) in [6, 6.07) is 7.20. The molecule has 1 aliphatic heterocycles. The number of benzene rings is 1. The van der Waals surface area contributed by atoms with Crippen LogP contribution in [0.2, 0.25) is 0 Å². The molecule has 0 aromatic heterocycles. The summed E-state index contributed by atoms with van der Waals surface area (Å²) in [4.78, 5) is 4.28. The molecule has 0 bridgehead atoms. The average molecular weight is 477 g/mol. The summed E-state index contributed by atoms with van der Waals surface area (Å²) in [6.07, 6.45) is 3.16. The lowest BCUT2D eigenvalue weighted by atomic mass is 9.95. The predicted octanol–water partition coefficient (Wildman–Crippen LogP) is 2.83. The van der Waals surface area contributed by atoms with Gasteiger partial charge in [-0.2, -0.15) is 0 Å². The molecule has 0 radical (unpaired) electrons. The summed E-state index contributed by atoms with van der Waals surface area (Å²) < 4.78 is 25.2. The van der Waals surface area contributed by atoms with Gasteiger partial charge in [0.25, 0.3) is 0 Å². The zero-order valence-corrected chi connectivity index (χ0v) is 17.8. The van der Waals surface area contributed by atoms with E-state index in [2.05, 4.69) is 22.5 Å². The molecule has 26 heavy (non-hydrogen) atoms. The number of hydrogen-bond donors (Lipinski definition) is 2. The molecule has 7 heteroatoms. The van der Waals surface area contributed by atoms with E-state index in [0.29, 0.717) is 19.8 Å². The molecule has 0 spiro atoms. The number of nitrogens with one attached hydrogen (secondary N) is 2. The summed E-state index contributed by atoms with van der Waals surface area (Å²) in [5.74, 6) is 0.603. The van der Waals surface area contributed by atoms with Gasteiger partial charge >= 0.3 is 0 Å². The first kappa shape index (κ1) is 21.4. The Morgan fingerprint density at radius 3 is 2.81 bits per heavy atom. The first-order valence-corrected chi connectivity index (χ1v) is 9.04. The van der Waals surface area contributed by atoms with Crippen LogP contribution in [-0.2, 0) is 14.9 Å². The molecule has 1 aromatic carbocycles. The maximum absolute atomic E-state index is 14.1. The number of aliphatic imine (C=N–C) groups is 1. The largest absolute Gasteiger partial charge is 0.379 e. The Bertz CT molecular complexity index is 604. The van der Waals surface area contributed by atoms with Crippen LogP contribution < -0.4 is 10.6 Å². The van der Waals surface area contributed by atoms with Gasteiger partial charge in [0.15, 0.2) is 5.96 Å². The molecule has 1 saturated heterocycles. The third-order valence-electron chi connectivity index (χ3n) is 4.97. The number of halogens is 2. The number of ether oxygens (including phenoxy) is 2. The van der Waals surface area contributed by atoms with Crippen molar-refractivity contribution in [1.82, 2.24) is 10.6 Å². The Morgan fingerprint density at radius 1 is 1.42 bits per heavy atom. The summed E-state index contributed by atoms with van der Waals surface area (Å²) >= 11 is 0. The van der Waals surface area contributed by atoms with Crippen LogP contribution in [0.3, 0.4) is 0 Å². The molecule has 2 N–H and O–H groups in total. The fourth-order valence-electron chi connectivity index (χ4n) is 3.23. The minimum absolute atomic E-state index is 0. The van der Waals surface area contributed by atoms with Gasteiger partial charge in [-0.05, 0) is 37.8 Å². The Morgan fingerprint density at radius 2 is 2.19 bits per heavy atom.